The van der Waals surface area contributed by atoms with E-state index in [0.29, 0.717) is 34.0 Å². The number of fused-ring (bicyclic) bond motifs is 1. The minimum absolute atomic E-state index is 0.0897. The van der Waals surface area contributed by atoms with Crippen molar-refractivity contribution >= 4 is 38.6 Å². The Labute approximate surface area is 189 Å². The second kappa shape index (κ2) is 8.19. The van der Waals surface area contributed by atoms with Gasteiger partial charge in [-0.1, -0.05) is 32.9 Å². The SMILES string of the molecule is COc1ccc(C(=O)Nc2ccc3oc(-c4ccc(C(C)(C)C)cc4)nc3c2)cc1Br. The summed E-state index contributed by atoms with van der Waals surface area (Å²) in [5.41, 5.74) is 4.77. The molecule has 1 heterocycles. The first kappa shape index (κ1) is 21.1. The van der Waals surface area contributed by atoms with Gasteiger partial charge in [0.2, 0.25) is 5.89 Å². The molecular weight excluding hydrogens is 456 g/mol. The topological polar surface area (TPSA) is 64.4 Å². The maximum atomic E-state index is 12.6. The number of hydrogen-bond donors (Lipinski definition) is 1. The fourth-order valence-corrected chi connectivity index (χ4v) is 3.79. The molecule has 0 aliphatic carbocycles. The van der Waals surface area contributed by atoms with Gasteiger partial charge in [0.25, 0.3) is 5.91 Å². The first-order valence-corrected chi connectivity index (χ1v) is 10.7. The molecule has 0 aliphatic heterocycles. The molecule has 1 aromatic heterocycles. The van der Waals surface area contributed by atoms with E-state index in [9.17, 15) is 4.79 Å². The second-order valence-corrected chi connectivity index (χ2v) is 9.19. The van der Waals surface area contributed by atoms with Gasteiger partial charge in [-0.05, 0) is 75.4 Å². The largest absolute Gasteiger partial charge is 0.496 e. The highest BCUT2D eigenvalue weighted by Crippen LogP contribution is 2.30. The fraction of sp³-hybridized carbons (Fsp3) is 0.200. The average molecular weight is 479 g/mol. The molecule has 4 rings (SSSR count). The number of halogens is 1. The Balaban J connectivity index is 1.56. The zero-order valence-electron chi connectivity index (χ0n) is 17.8. The molecule has 0 radical (unpaired) electrons. The highest BCUT2D eigenvalue weighted by Gasteiger charge is 2.15. The summed E-state index contributed by atoms with van der Waals surface area (Å²) in [6, 6.07) is 18.9. The number of methoxy groups -OCH3 is 1. The van der Waals surface area contributed by atoms with Gasteiger partial charge in [-0.3, -0.25) is 4.79 Å². The van der Waals surface area contributed by atoms with Crippen molar-refractivity contribution in [1.29, 1.82) is 0 Å². The van der Waals surface area contributed by atoms with E-state index in [4.69, 9.17) is 9.15 Å². The normalized spacial score (nSPS) is 11.5. The average Bonchev–Trinajstić information content (AvgIpc) is 3.16. The Hall–Kier alpha value is -3.12. The standard InChI is InChI=1S/C25H23BrN2O3/c1-25(2,3)17-8-5-15(6-9-17)24-28-20-14-18(10-12-22(20)31-24)27-23(29)16-7-11-21(30-4)19(26)13-16/h5-14H,1-4H3,(H,27,29). The van der Waals surface area contributed by atoms with Gasteiger partial charge < -0.3 is 14.5 Å². The van der Waals surface area contributed by atoms with Crippen molar-refractivity contribution in [3.63, 3.8) is 0 Å². The maximum absolute atomic E-state index is 12.6. The van der Waals surface area contributed by atoms with Crippen LogP contribution in [-0.2, 0) is 5.41 Å². The van der Waals surface area contributed by atoms with Crippen LogP contribution < -0.4 is 10.1 Å². The third kappa shape index (κ3) is 4.49. The van der Waals surface area contributed by atoms with Gasteiger partial charge in [-0.2, -0.15) is 0 Å². The van der Waals surface area contributed by atoms with Crippen LogP contribution in [0.3, 0.4) is 0 Å². The van der Waals surface area contributed by atoms with Crippen LogP contribution in [0.1, 0.15) is 36.7 Å². The van der Waals surface area contributed by atoms with E-state index in [2.05, 4.69) is 59.1 Å². The van der Waals surface area contributed by atoms with Crippen molar-refractivity contribution in [3.8, 4) is 17.2 Å². The van der Waals surface area contributed by atoms with Crippen molar-refractivity contribution in [1.82, 2.24) is 4.98 Å². The molecular formula is C25H23BrN2O3. The number of nitrogens with zero attached hydrogens (tertiary/aromatic N) is 1. The smallest absolute Gasteiger partial charge is 0.255 e. The summed E-state index contributed by atoms with van der Waals surface area (Å²) in [4.78, 5) is 17.2. The minimum atomic E-state index is -0.218. The molecule has 0 aliphatic rings. The number of hydrogen-bond acceptors (Lipinski definition) is 4. The van der Waals surface area contributed by atoms with Gasteiger partial charge in [-0.15, -0.1) is 0 Å². The molecule has 0 atom stereocenters. The first-order chi connectivity index (χ1) is 14.7. The van der Waals surface area contributed by atoms with Crippen molar-refractivity contribution in [2.75, 3.05) is 12.4 Å². The lowest BCUT2D eigenvalue weighted by Gasteiger charge is -2.18. The van der Waals surface area contributed by atoms with Crippen molar-refractivity contribution in [2.24, 2.45) is 0 Å². The van der Waals surface area contributed by atoms with Gasteiger partial charge in [0.05, 0.1) is 11.6 Å². The quantitative estimate of drug-likeness (QED) is 0.349. The van der Waals surface area contributed by atoms with Crippen LogP contribution in [0.25, 0.3) is 22.6 Å². The van der Waals surface area contributed by atoms with Crippen LogP contribution in [-0.4, -0.2) is 18.0 Å². The summed E-state index contributed by atoms with van der Waals surface area (Å²) in [6.45, 7) is 6.55. The highest BCUT2D eigenvalue weighted by atomic mass is 79.9. The Kier molecular flexibility index (Phi) is 5.58. The van der Waals surface area contributed by atoms with Crippen molar-refractivity contribution < 1.29 is 13.9 Å². The predicted molar refractivity (Wildman–Crippen MR) is 127 cm³/mol. The third-order valence-electron chi connectivity index (χ3n) is 5.06. The number of amides is 1. The lowest BCUT2D eigenvalue weighted by Crippen LogP contribution is -2.11. The summed E-state index contributed by atoms with van der Waals surface area (Å²) in [6.07, 6.45) is 0. The molecule has 0 unspecified atom stereocenters. The zero-order chi connectivity index (χ0) is 22.2. The number of carbonyl (C=O) groups excluding carboxylic acids is 1. The number of carbonyl (C=O) groups is 1. The van der Waals surface area contributed by atoms with Crippen LogP contribution >= 0.6 is 15.9 Å². The molecule has 0 spiro atoms. The van der Waals surface area contributed by atoms with Crippen molar-refractivity contribution in [2.45, 2.75) is 26.2 Å². The van der Waals surface area contributed by atoms with Crippen LogP contribution in [0, 0.1) is 0 Å². The Morgan fingerprint density at radius 3 is 2.42 bits per heavy atom. The number of ether oxygens (including phenoxy) is 1. The van der Waals surface area contributed by atoms with Gasteiger partial charge in [0, 0.05) is 16.8 Å². The summed E-state index contributed by atoms with van der Waals surface area (Å²) < 4.78 is 11.9. The van der Waals surface area contributed by atoms with E-state index in [-0.39, 0.29) is 11.3 Å². The summed E-state index contributed by atoms with van der Waals surface area (Å²) >= 11 is 3.41. The van der Waals surface area contributed by atoms with Crippen LogP contribution in [0.15, 0.2) is 69.6 Å². The predicted octanol–water partition coefficient (Wildman–Crippen LogP) is 6.82. The first-order valence-electron chi connectivity index (χ1n) is 9.91. The molecule has 6 heteroatoms. The molecule has 158 valence electrons. The molecule has 5 nitrogen and oxygen atoms in total. The number of nitrogens with one attached hydrogen (secondary N) is 1. The van der Waals surface area contributed by atoms with Gasteiger partial charge in [-0.25, -0.2) is 4.98 Å². The Morgan fingerprint density at radius 1 is 1.03 bits per heavy atom. The Bertz CT molecular complexity index is 1250. The van der Waals surface area contributed by atoms with Crippen LogP contribution in [0.4, 0.5) is 5.69 Å². The number of rotatable bonds is 4. The number of benzene rings is 3. The molecule has 31 heavy (non-hydrogen) atoms. The maximum Gasteiger partial charge on any atom is 0.255 e. The molecule has 1 N–H and O–H groups in total. The van der Waals surface area contributed by atoms with E-state index < -0.39 is 0 Å². The molecule has 0 saturated heterocycles. The monoisotopic (exact) mass is 478 g/mol. The number of anilines is 1. The molecule has 0 saturated carbocycles. The van der Waals surface area contributed by atoms with Gasteiger partial charge in [0.15, 0.2) is 5.58 Å². The van der Waals surface area contributed by atoms with E-state index in [1.54, 1.807) is 31.4 Å². The molecule has 4 aromatic rings. The molecule has 1 amide bonds. The minimum Gasteiger partial charge on any atom is -0.496 e. The summed E-state index contributed by atoms with van der Waals surface area (Å²) in [7, 11) is 1.58. The van der Waals surface area contributed by atoms with E-state index in [0.717, 1.165) is 10.0 Å². The number of aromatic nitrogens is 1. The lowest BCUT2D eigenvalue weighted by atomic mass is 9.87. The van der Waals surface area contributed by atoms with Crippen LogP contribution in [0.2, 0.25) is 0 Å². The van der Waals surface area contributed by atoms with Crippen molar-refractivity contribution in [3.05, 3.63) is 76.3 Å². The zero-order valence-corrected chi connectivity index (χ0v) is 19.4. The Morgan fingerprint density at radius 2 is 1.77 bits per heavy atom. The third-order valence-corrected chi connectivity index (χ3v) is 5.68. The van der Waals surface area contributed by atoms with Gasteiger partial charge in [0.1, 0.15) is 11.3 Å². The van der Waals surface area contributed by atoms with Gasteiger partial charge >= 0.3 is 0 Å². The fourth-order valence-electron chi connectivity index (χ4n) is 3.25. The highest BCUT2D eigenvalue weighted by molar-refractivity contribution is 9.10. The van der Waals surface area contributed by atoms with E-state index in [1.807, 2.05) is 24.3 Å². The second-order valence-electron chi connectivity index (χ2n) is 8.33. The lowest BCUT2D eigenvalue weighted by molar-refractivity contribution is 0.102. The summed E-state index contributed by atoms with van der Waals surface area (Å²) in [5.74, 6) is 1.01. The van der Waals surface area contributed by atoms with E-state index in [1.165, 1.54) is 5.56 Å². The molecule has 0 fully saturated rings. The summed E-state index contributed by atoms with van der Waals surface area (Å²) in [5, 5.41) is 2.91. The molecule has 3 aromatic carbocycles. The van der Waals surface area contributed by atoms with E-state index >= 15 is 0 Å². The number of oxazole rings is 1. The molecule has 0 bridgehead atoms. The van der Waals surface area contributed by atoms with Crippen LogP contribution in [0.5, 0.6) is 5.75 Å².